The van der Waals surface area contributed by atoms with Gasteiger partial charge in [0.15, 0.2) is 0 Å². The highest BCUT2D eigenvalue weighted by molar-refractivity contribution is 9.10. The van der Waals surface area contributed by atoms with E-state index in [2.05, 4.69) is 132 Å². The van der Waals surface area contributed by atoms with Crippen molar-refractivity contribution in [2.75, 3.05) is 26.9 Å². The molecule has 4 aromatic rings. The molecule has 1 aromatic heterocycles. The van der Waals surface area contributed by atoms with Crippen LogP contribution in [0.15, 0.2) is 101 Å². The average Bonchev–Trinajstić information content (AvgIpc) is 2.82. The monoisotopic (exact) mass is 502 g/mol. The van der Waals surface area contributed by atoms with Crippen LogP contribution in [0.3, 0.4) is 0 Å². The van der Waals surface area contributed by atoms with Gasteiger partial charge in [0.2, 0.25) is 0 Å². The Balaban J connectivity index is 2.00. The van der Waals surface area contributed by atoms with Crippen LogP contribution in [-0.2, 0) is 0 Å². The second-order valence-corrected chi connectivity index (χ2v) is 9.77. The summed E-state index contributed by atoms with van der Waals surface area (Å²) in [4.78, 5) is 7.26. The molecule has 0 bridgehead atoms. The second kappa shape index (κ2) is 10.5. The Bertz CT molecular complexity index is 1220. The molecule has 1 unspecified atom stereocenters. The molecule has 0 aliphatic carbocycles. The molecule has 0 amide bonds. The summed E-state index contributed by atoms with van der Waals surface area (Å²) in [6.45, 7) is 0.870. The van der Waals surface area contributed by atoms with E-state index in [9.17, 15) is 0 Å². The van der Waals surface area contributed by atoms with Crippen molar-refractivity contribution in [3.63, 3.8) is 0 Å². The van der Waals surface area contributed by atoms with E-state index in [1.54, 1.807) is 11.8 Å². The Morgan fingerprint density at radius 2 is 1.66 bits per heavy atom. The third-order valence-electron chi connectivity index (χ3n) is 5.50. The largest absolute Gasteiger partial charge is 0.306 e. The molecule has 0 spiro atoms. The molecular weight excluding hydrogens is 476 g/mol. The summed E-state index contributed by atoms with van der Waals surface area (Å²) in [6, 6.07) is 30.1. The third-order valence-corrected chi connectivity index (χ3v) is 6.71. The zero-order valence-corrected chi connectivity index (χ0v) is 21.0. The molecule has 0 saturated heterocycles. The van der Waals surface area contributed by atoms with E-state index in [0.29, 0.717) is 0 Å². The number of hydrogen-bond donors (Lipinski definition) is 0. The van der Waals surface area contributed by atoms with E-state index < -0.39 is 0 Å². The number of aromatic nitrogens is 1. The highest BCUT2D eigenvalue weighted by Gasteiger charge is 2.24. The molecule has 4 rings (SSSR count). The zero-order valence-electron chi connectivity index (χ0n) is 18.6. The number of pyridine rings is 1. The van der Waals surface area contributed by atoms with Crippen molar-refractivity contribution >= 4 is 44.2 Å². The highest BCUT2D eigenvalue weighted by atomic mass is 79.9. The molecule has 1 atom stereocenters. The van der Waals surface area contributed by atoms with Gasteiger partial charge in [-0.1, -0.05) is 82.7 Å². The van der Waals surface area contributed by atoms with Crippen molar-refractivity contribution < 1.29 is 0 Å². The van der Waals surface area contributed by atoms with E-state index >= 15 is 0 Å². The molecular formula is C28H27BrN2S. The number of nitrogens with zero attached hydrogens (tertiary/aromatic N) is 2. The molecule has 0 saturated carbocycles. The SMILES string of the molecule is CSc1nc2ccc(Br)cc2cc1C(/C(=C/CN(C)C)c1ccccc1)c1ccccc1. The van der Waals surface area contributed by atoms with Gasteiger partial charge in [0.1, 0.15) is 5.03 Å². The molecule has 162 valence electrons. The molecule has 1 heterocycles. The van der Waals surface area contributed by atoms with Crippen LogP contribution in [-0.4, -0.2) is 36.8 Å². The Morgan fingerprint density at radius 3 is 2.31 bits per heavy atom. The lowest BCUT2D eigenvalue weighted by atomic mass is 9.81. The van der Waals surface area contributed by atoms with Crippen LogP contribution >= 0.6 is 27.7 Å². The number of halogens is 1. The average molecular weight is 504 g/mol. The van der Waals surface area contributed by atoms with Crippen LogP contribution in [0.5, 0.6) is 0 Å². The van der Waals surface area contributed by atoms with Gasteiger partial charge in [-0.15, -0.1) is 11.8 Å². The fraction of sp³-hybridized carbons (Fsp3) is 0.179. The minimum Gasteiger partial charge on any atom is -0.306 e. The molecule has 0 N–H and O–H groups in total. The molecule has 0 radical (unpaired) electrons. The summed E-state index contributed by atoms with van der Waals surface area (Å²) in [5.41, 5.74) is 6.07. The smallest absolute Gasteiger partial charge is 0.101 e. The van der Waals surface area contributed by atoms with Crippen molar-refractivity contribution in [1.82, 2.24) is 9.88 Å². The third kappa shape index (κ3) is 5.15. The van der Waals surface area contributed by atoms with E-state index in [4.69, 9.17) is 4.98 Å². The molecule has 0 aliphatic heterocycles. The summed E-state index contributed by atoms with van der Waals surface area (Å²) < 4.78 is 1.07. The Kier molecular flexibility index (Phi) is 7.46. The molecule has 4 heteroatoms. The first-order chi connectivity index (χ1) is 15.6. The fourth-order valence-electron chi connectivity index (χ4n) is 4.00. The topological polar surface area (TPSA) is 16.1 Å². The second-order valence-electron chi connectivity index (χ2n) is 8.06. The molecule has 2 nitrogen and oxygen atoms in total. The van der Waals surface area contributed by atoms with Gasteiger partial charge in [-0.2, -0.15) is 0 Å². The molecule has 0 aliphatic rings. The van der Waals surface area contributed by atoms with Crippen LogP contribution in [0.25, 0.3) is 16.5 Å². The first kappa shape index (κ1) is 22.8. The summed E-state index contributed by atoms with van der Waals surface area (Å²) >= 11 is 5.35. The number of rotatable bonds is 7. The fourth-order valence-corrected chi connectivity index (χ4v) is 4.98. The highest BCUT2D eigenvalue weighted by Crippen LogP contribution is 2.42. The number of likely N-dealkylation sites (N-methyl/N-ethyl adjacent to an activating group) is 1. The maximum Gasteiger partial charge on any atom is 0.101 e. The number of allylic oxidation sites excluding steroid dienone is 1. The Labute approximate surface area is 203 Å². The quantitative estimate of drug-likeness (QED) is 0.243. The minimum atomic E-state index is 0.0804. The van der Waals surface area contributed by atoms with Gasteiger partial charge in [0.25, 0.3) is 0 Å². The van der Waals surface area contributed by atoms with Gasteiger partial charge < -0.3 is 4.90 Å². The van der Waals surface area contributed by atoms with Gasteiger partial charge in [0.05, 0.1) is 5.52 Å². The predicted octanol–water partition coefficient (Wildman–Crippen LogP) is 7.50. The van der Waals surface area contributed by atoms with E-state index in [1.807, 2.05) is 0 Å². The van der Waals surface area contributed by atoms with Gasteiger partial charge in [0, 0.05) is 22.3 Å². The van der Waals surface area contributed by atoms with Crippen molar-refractivity contribution in [3.05, 3.63) is 112 Å². The maximum atomic E-state index is 5.06. The van der Waals surface area contributed by atoms with Gasteiger partial charge in [-0.05, 0) is 66.9 Å². The summed E-state index contributed by atoms with van der Waals surface area (Å²) in [5.74, 6) is 0.0804. The predicted molar refractivity (Wildman–Crippen MR) is 142 cm³/mol. The van der Waals surface area contributed by atoms with Crippen molar-refractivity contribution in [2.45, 2.75) is 10.9 Å². The van der Waals surface area contributed by atoms with Crippen molar-refractivity contribution in [3.8, 4) is 0 Å². The van der Waals surface area contributed by atoms with Crippen LogP contribution in [0.1, 0.15) is 22.6 Å². The van der Waals surface area contributed by atoms with Crippen LogP contribution in [0, 0.1) is 0 Å². The standard InChI is InChI=1S/C28H27BrN2S/c1-31(2)17-16-24(20-10-6-4-7-11-20)27(21-12-8-5-9-13-21)25-19-22-18-23(29)14-15-26(22)30-28(25)32-3/h4-16,18-19,27H,17H2,1-3H3/b24-16+. The van der Waals surface area contributed by atoms with Crippen LogP contribution in [0.4, 0.5) is 0 Å². The van der Waals surface area contributed by atoms with Gasteiger partial charge in [-0.3, -0.25) is 0 Å². The van der Waals surface area contributed by atoms with Crippen molar-refractivity contribution in [2.24, 2.45) is 0 Å². The van der Waals surface area contributed by atoms with Crippen LogP contribution in [0.2, 0.25) is 0 Å². The molecule has 32 heavy (non-hydrogen) atoms. The lowest BCUT2D eigenvalue weighted by Gasteiger charge is -2.25. The summed E-state index contributed by atoms with van der Waals surface area (Å²) in [7, 11) is 4.22. The number of fused-ring (bicyclic) bond motifs is 1. The molecule has 0 fully saturated rings. The van der Waals surface area contributed by atoms with Crippen molar-refractivity contribution in [1.29, 1.82) is 0 Å². The minimum absolute atomic E-state index is 0.0804. The number of thioether (sulfide) groups is 1. The first-order valence-corrected chi connectivity index (χ1v) is 12.7. The van der Waals surface area contributed by atoms with Gasteiger partial charge >= 0.3 is 0 Å². The zero-order chi connectivity index (χ0) is 22.5. The van der Waals surface area contributed by atoms with E-state index in [-0.39, 0.29) is 5.92 Å². The lowest BCUT2D eigenvalue weighted by Crippen LogP contribution is -2.13. The Morgan fingerprint density at radius 1 is 0.969 bits per heavy atom. The summed E-state index contributed by atoms with van der Waals surface area (Å²) in [5, 5.41) is 2.22. The normalized spacial score (nSPS) is 13.0. The molecule has 3 aromatic carbocycles. The number of benzene rings is 3. The lowest BCUT2D eigenvalue weighted by molar-refractivity contribution is 0.456. The maximum absolute atomic E-state index is 5.06. The Hall–Kier alpha value is -2.40. The van der Waals surface area contributed by atoms with Crippen LogP contribution < -0.4 is 0 Å². The van der Waals surface area contributed by atoms with E-state index in [0.717, 1.165) is 26.9 Å². The number of hydrogen-bond acceptors (Lipinski definition) is 3. The van der Waals surface area contributed by atoms with E-state index in [1.165, 1.54) is 22.3 Å². The first-order valence-electron chi connectivity index (χ1n) is 10.7. The van der Waals surface area contributed by atoms with Gasteiger partial charge in [-0.25, -0.2) is 4.98 Å². The summed E-state index contributed by atoms with van der Waals surface area (Å²) in [6.07, 6.45) is 4.48.